The zero-order chi connectivity index (χ0) is 35.7. The minimum atomic E-state index is -1.25. The van der Waals surface area contributed by atoms with Crippen molar-refractivity contribution in [2.45, 2.75) is 39.1 Å². The summed E-state index contributed by atoms with van der Waals surface area (Å²) in [5, 5.41) is 2.44. The molecule has 0 fully saturated rings. The molecule has 6 nitrogen and oxygen atoms in total. The lowest BCUT2D eigenvalue weighted by Crippen LogP contribution is -2.59. The monoisotopic (exact) mass is 686 g/mol. The zero-order valence-corrected chi connectivity index (χ0v) is 30.0. The van der Waals surface area contributed by atoms with Crippen molar-refractivity contribution < 1.29 is 14.3 Å². The van der Waals surface area contributed by atoms with Crippen molar-refractivity contribution in [1.29, 1.82) is 0 Å². The summed E-state index contributed by atoms with van der Waals surface area (Å²) in [6.07, 6.45) is 0. The number of hydrogen-bond acceptors (Lipinski definition) is 5. The maximum atomic E-state index is 14.9. The summed E-state index contributed by atoms with van der Waals surface area (Å²) in [5.74, 6) is 1.04. The van der Waals surface area contributed by atoms with E-state index in [9.17, 15) is 4.79 Å². The van der Waals surface area contributed by atoms with E-state index in [1.54, 1.807) is 0 Å². The Morgan fingerprint density at radius 2 is 1.08 bits per heavy atom. The van der Waals surface area contributed by atoms with Crippen LogP contribution in [0.25, 0.3) is 0 Å². The van der Waals surface area contributed by atoms with Crippen LogP contribution in [0.3, 0.4) is 0 Å². The molecule has 8 rings (SSSR count). The Kier molecular flexibility index (Phi) is 8.87. The Morgan fingerprint density at radius 1 is 0.596 bits per heavy atom. The van der Waals surface area contributed by atoms with Crippen LogP contribution in [0.2, 0.25) is 0 Å². The smallest absolute Gasteiger partial charge is 0.342 e. The molecule has 2 aliphatic rings. The largest absolute Gasteiger partial charge is 0.456 e. The van der Waals surface area contributed by atoms with Crippen molar-refractivity contribution in [3.05, 3.63) is 191 Å². The Bertz CT molecular complexity index is 2110. The molecule has 6 aromatic carbocycles. The van der Waals surface area contributed by atoms with E-state index < -0.39 is 5.60 Å². The molecule has 0 aliphatic carbocycles. The van der Waals surface area contributed by atoms with Crippen LogP contribution < -0.4 is 14.2 Å². The van der Waals surface area contributed by atoms with Gasteiger partial charge in [0.2, 0.25) is 5.60 Å². The third kappa shape index (κ3) is 5.56. The molecule has 0 atom stereocenters. The number of rotatable bonds is 11. The number of anilines is 1. The number of carbonyl (C=O) groups is 1. The molecule has 1 spiro atoms. The number of carbonyl (C=O) groups excluding carboxylic acids is 1. The molecule has 0 radical (unpaired) electrons. The van der Waals surface area contributed by atoms with Crippen LogP contribution in [0.1, 0.15) is 57.6 Å². The summed E-state index contributed by atoms with van der Waals surface area (Å²) in [4.78, 5) is 17.1. The lowest BCUT2D eigenvalue weighted by molar-refractivity contribution is -0.0205. The van der Waals surface area contributed by atoms with Gasteiger partial charge in [0.15, 0.2) is 5.69 Å². The number of hydrogen-bond donors (Lipinski definition) is 0. The van der Waals surface area contributed by atoms with E-state index in [1.807, 2.05) is 36.4 Å². The van der Waals surface area contributed by atoms with Crippen molar-refractivity contribution in [3.63, 3.8) is 0 Å². The van der Waals surface area contributed by atoms with Crippen LogP contribution in [0.15, 0.2) is 152 Å². The van der Waals surface area contributed by atoms with Gasteiger partial charge >= 0.3 is 5.97 Å². The van der Waals surface area contributed by atoms with Crippen molar-refractivity contribution >= 4 is 17.3 Å². The molecule has 0 unspecified atom stereocenters. The lowest BCUT2D eigenvalue weighted by atomic mass is 9.76. The summed E-state index contributed by atoms with van der Waals surface area (Å²) in [5.41, 5.74) is 7.35. The van der Waals surface area contributed by atoms with Gasteiger partial charge in [-0.3, -0.25) is 0 Å². The quantitative estimate of drug-likeness (QED) is 0.0771. The van der Waals surface area contributed by atoms with Gasteiger partial charge in [0.1, 0.15) is 24.6 Å². The zero-order valence-electron chi connectivity index (χ0n) is 30.0. The van der Waals surface area contributed by atoms with Crippen molar-refractivity contribution in [1.82, 2.24) is 9.60 Å². The second-order valence-electron chi connectivity index (χ2n) is 13.7. The summed E-state index contributed by atoms with van der Waals surface area (Å²) in [6.45, 7) is 7.72. The van der Waals surface area contributed by atoms with Gasteiger partial charge in [0, 0.05) is 48.5 Å². The highest BCUT2D eigenvalue weighted by molar-refractivity contribution is 6.04. The van der Waals surface area contributed by atoms with E-state index in [2.05, 4.69) is 146 Å². The molecule has 260 valence electrons. The minimum absolute atomic E-state index is 0.325. The second kappa shape index (κ2) is 13.8. The first-order valence-corrected chi connectivity index (χ1v) is 18.2. The fourth-order valence-corrected chi connectivity index (χ4v) is 8.30. The van der Waals surface area contributed by atoms with Crippen LogP contribution >= 0.6 is 0 Å². The van der Waals surface area contributed by atoms with Gasteiger partial charge in [-0.2, -0.15) is 0 Å². The number of esters is 1. The second-order valence-corrected chi connectivity index (χ2v) is 13.7. The lowest BCUT2D eigenvalue weighted by Gasteiger charge is -2.47. The van der Waals surface area contributed by atoms with Crippen molar-refractivity contribution in [2.24, 2.45) is 0 Å². The Hall–Kier alpha value is -5.69. The van der Waals surface area contributed by atoms with E-state index in [0.29, 0.717) is 41.3 Å². The summed E-state index contributed by atoms with van der Waals surface area (Å²) < 4.78 is 13.9. The molecule has 0 N–H and O–H groups in total. The number of benzene rings is 6. The summed E-state index contributed by atoms with van der Waals surface area (Å²) in [6, 6.07) is 52.5. The van der Waals surface area contributed by atoms with Gasteiger partial charge in [0.05, 0.1) is 23.4 Å². The van der Waals surface area contributed by atoms with E-state index >= 15 is 0 Å². The van der Waals surface area contributed by atoms with Gasteiger partial charge in [-0.15, -0.1) is 5.01 Å². The maximum absolute atomic E-state index is 14.9. The fourth-order valence-electron chi connectivity index (χ4n) is 8.30. The molecular weight excluding hydrogens is 643 g/mol. The van der Waals surface area contributed by atoms with E-state index in [-0.39, 0.29) is 5.97 Å². The summed E-state index contributed by atoms with van der Waals surface area (Å²) in [7, 11) is 2.21. The van der Waals surface area contributed by atoms with Crippen LogP contribution in [0.5, 0.6) is 11.5 Å². The first-order chi connectivity index (χ1) is 25.5. The van der Waals surface area contributed by atoms with Crippen molar-refractivity contribution in [3.8, 4) is 11.5 Å². The summed E-state index contributed by atoms with van der Waals surface area (Å²) >= 11 is 0. The molecular formula is C46H44N3O3+. The van der Waals surface area contributed by atoms with Crippen LogP contribution in [-0.4, -0.2) is 31.1 Å². The molecule has 0 saturated heterocycles. The first-order valence-electron chi connectivity index (χ1n) is 18.2. The first kappa shape index (κ1) is 33.5. The average Bonchev–Trinajstić information content (AvgIpc) is 3.49. The van der Waals surface area contributed by atoms with Gasteiger partial charge < -0.3 is 14.4 Å². The van der Waals surface area contributed by atoms with Crippen molar-refractivity contribution in [2.75, 3.05) is 25.0 Å². The SMILES string of the molecule is CCN(CC)c1ccc([N+](Cc2ccccc2)(Cc2ccccc2)N(C)Cc2ccccc2)c2c1C(=O)OC21c2ccccc2Oc2ccccc21. The number of quaternary nitrogens is 1. The molecule has 0 amide bonds. The highest BCUT2D eigenvalue weighted by atomic mass is 16.6. The third-order valence-corrected chi connectivity index (χ3v) is 10.8. The minimum Gasteiger partial charge on any atom is -0.456 e. The molecule has 0 saturated carbocycles. The van der Waals surface area contributed by atoms with Crippen LogP contribution in [0, 0.1) is 0 Å². The Morgan fingerprint density at radius 3 is 1.60 bits per heavy atom. The van der Waals surface area contributed by atoms with Gasteiger partial charge in [-0.1, -0.05) is 127 Å². The number of ether oxygens (including phenoxy) is 2. The van der Waals surface area contributed by atoms with Crippen LogP contribution in [-0.2, 0) is 30.0 Å². The number of fused-ring (bicyclic) bond motifs is 6. The Balaban J connectivity index is 1.50. The topological polar surface area (TPSA) is 42.0 Å². The van der Waals surface area contributed by atoms with E-state index in [1.165, 1.54) is 16.7 Å². The highest BCUT2D eigenvalue weighted by Gasteiger charge is 2.59. The molecule has 2 heterocycles. The van der Waals surface area contributed by atoms with Gasteiger partial charge in [0.25, 0.3) is 0 Å². The molecule has 6 aromatic rings. The molecule has 52 heavy (non-hydrogen) atoms. The predicted molar refractivity (Wildman–Crippen MR) is 208 cm³/mol. The van der Waals surface area contributed by atoms with Crippen LogP contribution in [0.4, 0.5) is 11.4 Å². The highest BCUT2D eigenvalue weighted by Crippen LogP contribution is 2.60. The average molecular weight is 687 g/mol. The van der Waals surface area contributed by atoms with Gasteiger partial charge in [-0.05, 0) is 37.6 Å². The number of nitrogens with zero attached hydrogens (tertiary/aromatic N) is 3. The molecule has 0 bridgehead atoms. The molecule has 6 heteroatoms. The molecule has 2 aliphatic heterocycles. The predicted octanol–water partition coefficient (Wildman–Crippen LogP) is 9.86. The maximum Gasteiger partial charge on any atom is 0.342 e. The third-order valence-electron chi connectivity index (χ3n) is 10.8. The standard InChI is InChI=1S/C46H44N3O3/c1-4-48(5-2)39-29-30-40(44-43(39)45(50)52-46(44)37-25-15-17-27-41(37)51-42-28-18-16-26-38(42)46)49(32-35-21-11-7-12-22-35,33-36-23-13-8-14-24-36)47(3)31-34-19-9-6-10-20-34/h6-30H,4-5,31-33H2,1-3H3/q+1. The number of para-hydroxylation sites is 2. The molecule has 0 aromatic heterocycles. The normalized spacial score (nSPS) is 14.0. The fraction of sp³-hybridized carbons (Fsp3) is 0.196. The van der Waals surface area contributed by atoms with E-state index in [0.717, 1.165) is 41.2 Å². The van der Waals surface area contributed by atoms with E-state index in [4.69, 9.17) is 9.47 Å². The Labute approximate surface area is 306 Å². The van der Waals surface area contributed by atoms with Gasteiger partial charge in [-0.25, -0.2) is 9.39 Å².